The van der Waals surface area contributed by atoms with Gasteiger partial charge in [-0.05, 0) is 31.2 Å². The zero-order valence-corrected chi connectivity index (χ0v) is 11.1. The lowest BCUT2D eigenvalue weighted by Gasteiger charge is -2.08. The largest absolute Gasteiger partial charge is 0.378 e. The quantitative estimate of drug-likeness (QED) is 0.636. The molecule has 0 amide bonds. The van der Waals surface area contributed by atoms with Crippen molar-refractivity contribution in [2.75, 3.05) is 0 Å². The van der Waals surface area contributed by atoms with Crippen molar-refractivity contribution in [2.24, 2.45) is 0 Å². The smallest absolute Gasteiger partial charge is 0.339 e. The summed E-state index contributed by atoms with van der Waals surface area (Å²) in [6.45, 7) is 1.86. The van der Waals surface area contributed by atoms with Crippen molar-refractivity contribution in [3.8, 4) is 5.75 Å². The van der Waals surface area contributed by atoms with Gasteiger partial charge in [0.2, 0.25) is 0 Å². The molecule has 0 spiro atoms. The van der Waals surface area contributed by atoms with Crippen LogP contribution in [0.1, 0.15) is 15.9 Å². The SMILES string of the molecule is Cc1ccc(S(=O)(=O)Oc2ccccc2C=O)cc1. The van der Waals surface area contributed by atoms with Gasteiger partial charge in [0.25, 0.3) is 0 Å². The molecular formula is C14H12O4S. The Labute approximate surface area is 111 Å². The highest BCUT2D eigenvalue weighted by Crippen LogP contribution is 2.21. The van der Waals surface area contributed by atoms with Crippen molar-refractivity contribution >= 4 is 16.4 Å². The van der Waals surface area contributed by atoms with Gasteiger partial charge < -0.3 is 4.18 Å². The van der Waals surface area contributed by atoms with E-state index in [0.717, 1.165) is 5.56 Å². The summed E-state index contributed by atoms with van der Waals surface area (Å²) < 4.78 is 29.1. The van der Waals surface area contributed by atoms with E-state index in [-0.39, 0.29) is 16.2 Å². The molecule has 0 aliphatic rings. The van der Waals surface area contributed by atoms with Gasteiger partial charge in [0.05, 0.1) is 5.56 Å². The molecule has 0 fully saturated rings. The lowest BCUT2D eigenvalue weighted by atomic mass is 10.2. The van der Waals surface area contributed by atoms with Crippen LogP contribution in [0.5, 0.6) is 5.75 Å². The summed E-state index contributed by atoms with van der Waals surface area (Å²) in [7, 11) is -3.92. The van der Waals surface area contributed by atoms with Gasteiger partial charge in [0.1, 0.15) is 4.90 Å². The van der Waals surface area contributed by atoms with Crippen LogP contribution in [0.15, 0.2) is 53.4 Å². The van der Waals surface area contributed by atoms with Gasteiger partial charge in [0, 0.05) is 0 Å². The first-order valence-corrected chi connectivity index (χ1v) is 6.99. The molecular weight excluding hydrogens is 264 g/mol. The van der Waals surface area contributed by atoms with Crippen LogP contribution in [-0.2, 0) is 10.1 Å². The van der Waals surface area contributed by atoms with E-state index in [0.29, 0.717) is 6.29 Å². The highest BCUT2D eigenvalue weighted by Gasteiger charge is 2.17. The number of hydrogen-bond acceptors (Lipinski definition) is 4. The first-order chi connectivity index (χ1) is 9.03. The van der Waals surface area contributed by atoms with E-state index >= 15 is 0 Å². The van der Waals surface area contributed by atoms with Crippen LogP contribution in [0.4, 0.5) is 0 Å². The highest BCUT2D eigenvalue weighted by molar-refractivity contribution is 7.87. The van der Waals surface area contributed by atoms with Crippen LogP contribution in [0.25, 0.3) is 0 Å². The van der Waals surface area contributed by atoms with E-state index in [1.165, 1.54) is 24.3 Å². The van der Waals surface area contributed by atoms with Gasteiger partial charge in [-0.1, -0.05) is 29.8 Å². The molecule has 2 rings (SSSR count). The van der Waals surface area contributed by atoms with Crippen molar-refractivity contribution in [3.63, 3.8) is 0 Å². The van der Waals surface area contributed by atoms with Crippen molar-refractivity contribution in [1.29, 1.82) is 0 Å². The summed E-state index contributed by atoms with van der Waals surface area (Å²) in [5.74, 6) is 0.0260. The number of hydrogen-bond donors (Lipinski definition) is 0. The van der Waals surface area contributed by atoms with Crippen LogP contribution in [0, 0.1) is 6.92 Å². The molecule has 2 aromatic carbocycles. The minimum atomic E-state index is -3.92. The Bertz CT molecular complexity index is 688. The number of benzene rings is 2. The van der Waals surface area contributed by atoms with Crippen molar-refractivity contribution in [1.82, 2.24) is 0 Å². The fourth-order valence-corrected chi connectivity index (χ4v) is 2.48. The zero-order chi connectivity index (χ0) is 13.9. The molecule has 2 aromatic rings. The maximum absolute atomic E-state index is 12.0. The first kappa shape index (κ1) is 13.3. The molecule has 0 N–H and O–H groups in total. The predicted molar refractivity (Wildman–Crippen MR) is 70.8 cm³/mol. The molecule has 0 unspecified atom stereocenters. The fraction of sp³-hybridized carbons (Fsp3) is 0.0714. The normalized spacial score (nSPS) is 11.0. The van der Waals surface area contributed by atoms with Gasteiger partial charge in [-0.15, -0.1) is 0 Å². The number of rotatable bonds is 4. The summed E-state index contributed by atoms with van der Waals surface area (Å²) in [5, 5.41) is 0. The zero-order valence-electron chi connectivity index (χ0n) is 10.2. The fourth-order valence-electron chi connectivity index (χ4n) is 1.53. The van der Waals surface area contributed by atoms with E-state index < -0.39 is 10.1 Å². The van der Waals surface area contributed by atoms with Crippen LogP contribution >= 0.6 is 0 Å². The second-order valence-corrected chi connectivity index (χ2v) is 5.55. The number of aryl methyl sites for hydroxylation is 1. The molecule has 4 nitrogen and oxygen atoms in total. The molecule has 0 aliphatic heterocycles. The standard InChI is InChI=1S/C14H12O4S/c1-11-6-8-13(9-7-11)19(16,17)18-14-5-3-2-4-12(14)10-15/h2-10H,1H3. The summed E-state index contributed by atoms with van der Waals surface area (Å²) in [4.78, 5) is 10.9. The topological polar surface area (TPSA) is 60.4 Å². The van der Waals surface area contributed by atoms with Crippen LogP contribution in [0.2, 0.25) is 0 Å². The Kier molecular flexibility index (Phi) is 3.66. The third kappa shape index (κ3) is 3.00. The molecule has 19 heavy (non-hydrogen) atoms. The average molecular weight is 276 g/mol. The summed E-state index contributed by atoms with van der Waals surface area (Å²) in [5.41, 5.74) is 1.14. The molecule has 0 bridgehead atoms. The second-order valence-electron chi connectivity index (χ2n) is 4.01. The Balaban J connectivity index is 2.36. The number of para-hydroxylation sites is 1. The highest BCUT2D eigenvalue weighted by atomic mass is 32.2. The molecule has 0 radical (unpaired) electrons. The lowest BCUT2D eigenvalue weighted by molar-refractivity contribution is 0.112. The Morgan fingerprint density at radius 3 is 2.26 bits per heavy atom. The third-order valence-corrected chi connectivity index (χ3v) is 3.80. The number of aldehydes is 1. The van der Waals surface area contributed by atoms with Crippen molar-refractivity contribution in [3.05, 3.63) is 59.7 Å². The molecule has 0 heterocycles. The molecule has 0 atom stereocenters. The molecule has 0 aliphatic carbocycles. The second kappa shape index (κ2) is 5.24. The van der Waals surface area contributed by atoms with E-state index in [4.69, 9.17) is 4.18 Å². The Hall–Kier alpha value is -2.14. The van der Waals surface area contributed by atoms with E-state index in [1.807, 2.05) is 6.92 Å². The number of carbonyl (C=O) groups is 1. The summed E-state index contributed by atoms with van der Waals surface area (Å²) >= 11 is 0. The minimum Gasteiger partial charge on any atom is -0.378 e. The molecule has 0 saturated carbocycles. The number of carbonyl (C=O) groups excluding carboxylic acids is 1. The minimum absolute atomic E-state index is 0.0260. The average Bonchev–Trinajstić information content (AvgIpc) is 2.39. The Morgan fingerprint density at radius 2 is 1.63 bits per heavy atom. The Morgan fingerprint density at radius 1 is 1.00 bits per heavy atom. The van der Waals surface area contributed by atoms with E-state index in [2.05, 4.69) is 0 Å². The summed E-state index contributed by atoms with van der Waals surface area (Å²) in [6, 6.07) is 12.5. The monoisotopic (exact) mass is 276 g/mol. The van der Waals surface area contributed by atoms with Crippen LogP contribution in [-0.4, -0.2) is 14.7 Å². The van der Waals surface area contributed by atoms with Gasteiger partial charge in [-0.3, -0.25) is 4.79 Å². The molecule has 5 heteroatoms. The van der Waals surface area contributed by atoms with E-state index in [1.54, 1.807) is 24.3 Å². The molecule has 98 valence electrons. The van der Waals surface area contributed by atoms with Gasteiger partial charge in [0.15, 0.2) is 12.0 Å². The van der Waals surface area contributed by atoms with E-state index in [9.17, 15) is 13.2 Å². The van der Waals surface area contributed by atoms with Crippen LogP contribution in [0.3, 0.4) is 0 Å². The van der Waals surface area contributed by atoms with Crippen molar-refractivity contribution < 1.29 is 17.4 Å². The van der Waals surface area contributed by atoms with Crippen molar-refractivity contribution in [2.45, 2.75) is 11.8 Å². The maximum atomic E-state index is 12.0. The molecule has 0 aromatic heterocycles. The summed E-state index contributed by atoms with van der Waals surface area (Å²) in [6.07, 6.45) is 0.556. The van der Waals surface area contributed by atoms with Gasteiger partial charge in [-0.25, -0.2) is 0 Å². The lowest BCUT2D eigenvalue weighted by Crippen LogP contribution is -2.10. The first-order valence-electron chi connectivity index (χ1n) is 5.58. The molecule has 0 saturated heterocycles. The van der Waals surface area contributed by atoms with Gasteiger partial charge >= 0.3 is 10.1 Å². The maximum Gasteiger partial charge on any atom is 0.339 e. The van der Waals surface area contributed by atoms with Crippen LogP contribution < -0.4 is 4.18 Å². The third-order valence-electron chi connectivity index (χ3n) is 2.56. The predicted octanol–water partition coefficient (Wildman–Crippen LogP) is 2.58. The van der Waals surface area contributed by atoms with Gasteiger partial charge in [-0.2, -0.15) is 8.42 Å².